The maximum atomic E-state index is 11.8. The van der Waals surface area contributed by atoms with E-state index in [4.69, 9.17) is 18.0 Å². The molecule has 1 rings (SSSR count). The van der Waals surface area contributed by atoms with E-state index in [9.17, 15) is 4.79 Å². The van der Waals surface area contributed by atoms with Gasteiger partial charge in [0, 0.05) is 16.5 Å². The average molecular weight is 348 g/mol. The van der Waals surface area contributed by atoms with Gasteiger partial charge in [-0.3, -0.25) is 4.79 Å². The van der Waals surface area contributed by atoms with Crippen LogP contribution in [0, 0.1) is 10.5 Å². The van der Waals surface area contributed by atoms with Gasteiger partial charge in [0.25, 0.3) is 5.91 Å². The van der Waals surface area contributed by atoms with Gasteiger partial charge in [-0.2, -0.15) is 0 Å². The maximum Gasteiger partial charge on any atom is 0.252 e. The minimum atomic E-state index is -0.0793. The van der Waals surface area contributed by atoms with Crippen molar-refractivity contribution < 1.29 is 4.79 Å². The summed E-state index contributed by atoms with van der Waals surface area (Å²) >= 11 is 6.91. The molecule has 0 spiro atoms. The number of amides is 1. The molecule has 0 heterocycles. The van der Waals surface area contributed by atoms with Crippen molar-refractivity contribution in [2.24, 2.45) is 5.73 Å². The van der Waals surface area contributed by atoms with Crippen LogP contribution in [0.4, 0.5) is 0 Å². The lowest BCUT2D eigenvalue weighted by Crippen LogP contribution is -2.28. The zero-order valence-electron chi connectivity index (χ0n) is 8.92. The van der Waals surface area contributed by atoms with Crippen LogP contribution in [-0.2, 0) is 0 Å². The first-order chi connectivity index (χ1) is 7.52. The highest BCUT2D eigenvalue weighted by atomic mass is 127. The van der Waals surface area contributed by atoms with Gasteiger partial charge in [-0.15, -0.1) is 0 Å². The summed E-state index contributed by atoms with van der Waals surface area (Å²) in [6.07, 6.45) is 0.531. The molecule has 0 aliphatic heterocycles. The van der Waals surface area contributed by atoms with Crippen LogP contribution in [0.1, 0.15) is 22.3 Å². The van der Waals surface area contributed by atoms with E-state index >= 15 is 0 Å². The third-order valence-electron chi connectivity index (χ3n) is 2.09. The Hall–Kier alpha value is -0.690. The van der Waals surface area contributed by atoms with Crippen molar-refractivity contribution in [3.8, 4) is 0 Å². The number of thiocarbonyl (C=S) groups is 1. The minimum absolute atomic E-state index is 0.0793. The summed E-state index contributed by atoms with van der Waals surface area (Å²) in [6.45, 7) is 2.46. The van der Waals surface area contributed by atoms with Crippen molar-refractivity contribution in [1.82, 2.24) is 5.32 Å². The monoisotopic (exact) mass is 348 g/mol. The molecule has 16 heavy (non-hydrogen) atoms. The van der Waals surface area contributed by atoms with Crippen LogP contribution in [-0.4, -0.2) is 17.4 Å². The van der Waals surface area contributed by atoms with Crippen molar-refractivity contribution in [3.63, 3.8) is 0 Å². The summed E-state index contributed by atoms with van der Waals surface area (Å²) in [6, 6.07) is 5.67. The lowest BCUT2D eigenvalue weighted by Gasteiger charge is -2.07. The van der Waals surface area contributed by atoms with Crippen molar-refractivity contribution in [2.75, 3.05) is 6.54 Å². The van der Waals surface area contributed by atoms with Gasteiger partial charge in [-0.25, -0.2) is 0 Å². The zero-order chi connectivity index (χ0) is 12.1. The molecule has 0 aliphatic carbocycles. The lowest BCUT2D eigenvalue weighted by molar-refractivity contribution is 0.0954. The van der Waals surface area contributed by atoms with E-state index in [0.717, 1.165) is 9.13 Å². The number of rotatable bonds is 4. The van der Waals surface area contributed by atoms with E-state index in [1.54, 1.807) is 0 Å². The highest BCUT2D eigenvalue weighted by Crippen LogP contribution is 2.16. The molecule has 0 fully saturated rings. The standard InChI is InChI=1S/C11H13IN2OS/c1-7-3-2-4-8(10(7)12)11(15)14-6-5-9(13)16/h2-4H,5-6H2,1H3,(H2,13,16)(H,14,15). The van der Waals surface area contributed by atoms with Crippen molar-refractivity contribution in [3.05, 3.63) is 32.9 Å². The number of benzene rings is 1. The average Bonchev–Trinajstić information content (AvgIpc) is 2.21. The summed E-state index contributed by atoms with van der Waals surface area (Å²) in [4.78, 5) is 12.2. The SMILES string of the molecule is Cc1cccc(C(=O)NCCC(N)=S)c1I. The van der Waals surface area contributed by atoms with Crippen LogP contribution in [0.2, 0.25) is 0 Å². The van der Waals surface area contributed by atoms with Crippen LogP contribution in [0.15, 0.2) is 18.2 Å². The Morgan fingerprint density at radius 2 is 2.25 bits per heavy atom. The molecular formula is C11H13IN2OS. The summed E-state index contributed by atoms with van der Waals surface area (Å²) in [5.74, 6) is -0.0793. The number of carbonyl (C=O) groups excluding carboxylic acids is 1. The third-order valence-corrected chi connectivity index (χ3v) is 3.73. The molecule has 5 heteroatoms. The molecule has 1 aromatic carbocycles. The normalized spacial score (nSPS) is 9.88. The molecule has 0 bridgehead atoms. The second-order valence-electron chi connectivity index (χ2n) is 3.41. The Kier molecular flexibility index (Phi) is 5.14. The maximum absolute atomic E-state index is 11.8. The topological polar surface area (TPSA) is 55.1 Å². The number of carbonyl (C=O) groups is 1. The molecule has 0 radical (unpaired) electrons. The molecular weight excluding hydrogens is 335 g/mol. The number of nitrogens with one attached hydrogen (secondary N) is 1. The Morgan fingerprint density at radius 1 is 1.56 bits per heavy atom. The van der Waals surface area contributed by atoms with E-state index in [1.165, 1.54) is 0 Å². The predicted molar refractivity (Wildman–Crippen MR) is 77.6 cm³/mol. The van der Waals surface area contributed by atoms with Crippen molar-refractivity contribution in [1.29, 1.82) is 0 Å². The quantitative estimate of drug-likeness (QED) is 0.647. The minimum Gasteiger partial charge on any atom is -0.393 e. The second kappa shape index (κ2) is 6.15. The van der Waals surface area contributed by atoms with Crippen LogP contribution in [0.25, 0.3) is 0 Å². The highest BCUT2D eigenvalue weighted by Gasteiger charge is 2.10. The van der Waals surface area contributed by atoms with Gasteiger partial charge in [0.15, 0.2) is 0 Å². The van der Waals surface area contributed by atoms with E-state index in [2.05, 4.69) is 27.9 Å². The van der Waals surface area contributed by atoms with E-state index in [1.807, 2.05) is 25.1 Å². The van der Waals surface area contributed by atoms with Gasteiger partial charge in [-0.05, 0) is 41.1 Å². The second-order valence-corrected chi connectivity index (χ2v) is 5.01. The number of nitrogens with two attached hydrogens (primary N) is 1. The van der Waals surface area contributed by atoms with Crippen molar-refractivity contribution >= 4 is 45.7 Å². The van der Waals surface area contributed by atoms with Gasteiger partial charge in [0.2, 0.25) is 0 Å². The summed E-state index contributed by atoms with van der Waals surface area (Å²) in [5.41, 5.74) is 7.15. The first-order valence-electron chi connectivity index (χ1n) is 4.84. The molecule has 0 atom stereocenters. The van der Waals surface area contributed by atoms with E-state index in [0.29, 0.717) is 23.5 Å². The third kappa shape index (κ3) is 3.71. The molecule has 3 nitrogen and oxygen atoms in total. The molecule has 1 amide bonds. The highest BCUT2D eigenvalue weighted by molar-refractivity contribution is 14.1. The van der Waals surface area contributed by atoms with Gasteiger partial charge >= 0.3 is 0 Å². The fraction of sp³-hybridized carbons (Fsp3) is 0.273. The summed E-state index contributed by atoms with van der Waals surface area (Å²) < 4.78 is 0.980. The van der Waals surface area contributed by atoms with E-state index in [-0.39, 0.29) is 5.91 Å². The van der Waals surface area contributed by atoms with Crippen LogP contribution < -0.4 is 11.1 Å². The summed E-state index contributed by atoms with van der Waals surface area (Å²) in [5, 5.41) is 2.79. The molecule has 86 valence electrons. The Balaban J connectivity index is 2.66. The number of hydrogen-bond acceptors (Lipinski definition) is 2. The van der Waals surface area contributed by atoms with E-state index < -0.39 is 0 Å². The first kappa shape index (κ1) is 13.4. The zero-order valence-corrected chi connectivity index (χ0v) is 11.9. The van der Waals surface area contributed by atoms with Crippen molar-refractivity contribution in [2.45, 2.75) is 13.3 Å². The van der Waals surface area contributed by atoms with Gasteiger partial charge in [0.1, 0.15) is 0 Å². The fourth-order valence-electron chi connectivity index (χ4n) is 1.22. The largest absolute Gasteiger partial charge is 0.393 e. The Labute approximate surface area is 114 Å². The smallest absolute Gasteiger partial charge is 0.252 e. The number of aryl methyl sites for hydroxylation is 1. The Morgan fingerprint density at radius 3 is 2.88 bits per heavy atom. The van der Waals surface area contributed by atoms with Crippen LogP contribution >= 0.6 is 34.8 Å². The number of halogens is 1. The lowest BCUT2D eigenvalue weighted by atomic mass is 10.1. The molecule has 1 aromatic rings. The Bertz CT molecular complexity index is 420. The van der Waals surface area contributed by atoms with Gasteiger partial charge < -0.3 is 11.1 Å². The van der Waals surface area contributed by atoms with Gasteiger partial charge in [-0.1, -0.05) is 24.4 Å². The van der Waals surface area contributed by atoms with Gasteiger partial charge in [0.05, 0.1) is 10.6 Å². The van der Waals surface area contributed by atoms with Crippen LogP contribution in [0.3, 0.4) is 0 Å². The molecule has 0 saturated carbocycles. The van der Waals surface area contributed by atoms with Crippen LogP contribution in [0.5, 0.6) is 0 Å². The molecule has 0 saturated heterocycles. The predicted octanol–water partition coefficient (Wildman–Crippen LogP) is 2.01. The molecule has 3 N–H and O–H groups in total. The summed E-state index contributed by atoms with van der Waals surface area (Å²) in [7, 11) is 0. The number of hydrogen-bond donors (Lipinski definition) is 2. The fourth-order valence-corrected chi connectivity index (χ4v) is 1.92. The molecule has 0 aromatic heterocycles. The molecule has 0 aliphatic rings. The molecule has 0 unspecified atom stereocenters. The first-order valence-corrected chi connectivity index (χ1v) is 6.32.